The lowest BCUT2D eigenvalue weighted by Gasteiger charge is -2.32. The van der Waals surface area contributed by atoms with Crippen molar-refractivity contribution in [2.24, 2.45) is 0 Å². The average Bonchev–Trinajstić information content (AvgIpc) is 3.52. The lowest BCUT2D eigenvalue weighted by Crippen LogP contribution is -2.51. The molecule has 4 heterocycles. The molecule has 6 rings (SSSR count). The molecule has 0 aliphatic carbocycles. The molecule has 3 aromatic rings. The van der Waals surface area contributed by atoms with Crippen LogP contribution < -0.4 is 9.47 Å². The summed E-state index contributed by atoms with van der Waals surface area (Å²) < 4.78 is 12.4. The Kier molecular flexibility index (Phi) is 4.00. The molecule has 2 aromatic carbocycles. The van der Waals surface area contributed by atoms with Gasteiger partial charge in [0.2, 0.25) is 18.6 Å². The van der Waals surface area contributed by atoms with Crippen molar-refractivity contribution >= 4 is 17.7 Å². The van der Waals surface area contributed by atoms with E-state index in [9.17, 15) is 14.4 Å². The first-order valence-electron chi connectivity index (χ1n) is 10.2. The van der Waals surface area contributed by atoms with Crippen molar-refractivity contribution in [3.05, 3.63) is 53.7 Å². The van der Waals surface area contributed by atoms with Gasteiger partial charge < -0.3 is 9.47 Å². The SMILES string of the molecule is O=C1c2ccc(-n3cc(-c4ccc5c(c4)OCO5)nn3)cc2CN1N1C(=O)CCCC1=O. The topological polar surface area (TPSA) is 107 Å². The highest BCUT2D eigenvalue weighted by Crippen LogP contribution is 2.35. The van der Waals surface area contributed by atoms with Gasteiger partial charge in [0.05, 0.1) is 18.4 Å². The smallest absolute Gasteiger partial charge is 0.273 e. The number of ether oxygens (including phenoxy) is 2. The molecule has 0 unspecified atom stereocenters. The Balaban J connectivity index is 1.28. The molecule has 0 bridgehead atoms. The Morgan fingerprint density at radius 2 is 1.72 bits per heavy atom. The quantitative estimate of drug-likeness (QED) is 0.585. The van der Waals surface area contributed by atoms with E-state index in [1.807, 2.05) is 24.3 Å². The maximum absolute atomic E-state index is 12.8. The first-order chi connectivity index (χ1) is 15.6. The van der Waals surface area contributed by atoms with Crippen LogP contribution in [0.2, 0.25) is 0 Å². The van der Waals surface area contributed by atoms with Gasteiger partial charge in [-0.2, -0.15) is 5.01 Å². The predicted octanol–water partition coefficient (Wildman–Crippen LogP) is 2.07. The molecule has 10 nitrogen and oxygen atoms in total. The Bertz CT molecular complexity index is 1280. The molecule has 10 heteroatoms. The number of aromatic nitrogens is 3. The largest absolute Gasteiger partial charge is 0.454 e. The van der Waals surface area contributed by atoms with Crippen LogP contribution in [0.15, 0.2) is 42.6 Å². The van der Waals surface area contributed by atoms with Crippen molar-refractivity contribution in [1.29, 1.82) is 0 Å². The zero-order chi connectivity index (χ0) is 21.8. The van der Waals surface area contributed by atoms with E-state index in [-0.39, 0.29) is 43.9 Å². The number of carbonyl (C=O) groups is 3. The van der Waals surface area contributed by atoms with Gasteiger partial charge in [0.1, 0.15) is 5.69 Å². The molecule has 0 atom stereocenters. The molecule has 1 saturated heterocycles. The normalized spacial score (nSPS) is 17.3. The van der Waals surface area contributed by atoms with Crippen LogP contribution in [0.1, 0.15) is 35.2 Å². The summed E-state index contributed by atoms with van der Waals surface area (Å²) in [5.74, 6) is 0.323. The van der Waals surface area contributed by atoms with Crippen molar-refractivity contribution in [3.8, 4) is 28.4 Å². The summed E-state index contributed by atoms with van der Waals surface area (Å²) in [7, 11) is 0. The maximum Gasteiger partial charge on any atom is 0.273 e. The molecule has 3 amide bonds. The molecular weight excluding hydrogens is 414 g/mol. The second-order valence-electron chi connectivity index (χ2n) is 7.77. The number of piperidine rings is 1. The van der Waals surface area contributed by atoms with Gasteiger partial charge >= 0.3 is 0 Å². The molecule has 0 saturated carbocycles. The summed E-state index contributed by atoms with van der Waals surface area (Å²) in [5, 5.41) is 10.7. The Morgan fingerprint density at radius 3 is 2.56 bits per heavy atom. The summed E-state index contributed by atoms with van der Waals surface area (Å²) in [5.41, 5.74) is 3.40. The van der Waals surface area contributed by atoms with Gasteiger partial charge in [-0.3, -0.25) is 14.4 Å². The van der Waals surface area contributed by atoms with Gasteiger partial charge in [0.15, 0.2) is 11.5 Å². The summed E-state index contributed by atoms with van der Waals surface area (Å²) in [6.07, 6.45) is 2.83. The van der Waals surface area contributed by atoms with Gasteiger partial charge in [0.25, 0.3) is 5.91 Å². The van der Waals surface area contributed by atoms with Gasteiger partial charge in [-0.25, -0.2) is 9.69 Å². The minimum atomic E-state index is -0.352. The molecule has 0 spiro atoms. The van der Waals surface area contributed by atoms with E-state index in [1.165, 1.54) is 5.01 Å². The van der Waals surface area contributed by atoms with Crippen LogP contribution in [-0.4, -0.2) is 49.5 Å². The Morgan fingerprint density at radius 1 is 0.906 bits per heavy atom. The monoisotopic (exact) mass is 431 g/mol. The van der Waals surface area contributed by atoms with Gasteiger partial charge in [-0.1, -0.05) is 5.21 Å². The van der Waals surface area contributed by atoms with Crippen LogP contribution in [0.25, 0.3) is 16.9 Å². The summed E-state index contributed by atoms with van der Waals surface area (Å²) in [6, 6.07) is 10.8. The number of benzene rings is 2. The van der Waals surface area contributed by atoms with Crippen molar-refractivity contribution in [1.82, 2.24) is 25.0 Å². The van der Waals surface area contributed by atoms with Crippen LogP contribution in [0.5, 0.6) is 11.5 Å². The molecule has 0 N–H and O–H groups in total. The van der Waals surface area contributed by atoms with Gasteiger partial charge in [0, 0.05) is 24.0 Å². The third-order valence-corrected chi connectivity index (χ3v) is 5.80. The molecule has 1 aromatic heterocycles. The van der Waals surface area contributed by atoms with E-state index in [0.717, 1.165) is 16.1 Å². The van der Waals surface area contributed by atoms with Crippen LogP contribution >= 0.6 is 0 Å². The van der Waals surface area contributed by atoms with Gasteiger partial charge in [-0.05, 0) is 48.4 Å². The highest BCUT2D eigenvalue weighted by molar-refractivity contribution is 6.04. The van der Waals surface area contributed by atoms with Crippen molar-refractivity contribution in [3.63, 3.8) is 0 Å². The van der Waals surface area contributed by atoms with E-state index < -0.39 is 0 Å². The fourth-order valence-electron chi connectivity index (χ4n) is 4.18. The first-order valence-corrected chi connectivity index (χ1v) is 10.2. The van der Waals surface area contributed by atoms with E-state index in [2.05, 4.69) is 10.3 Å². The summed E-state index contributed by atoms with van der Waals surface area (Å²) >= 11 is 0. The van der Waals surface area contributed by atoms with Crippen molar-refractivity contribution in [2.75, 3.05) is 6.79 Å². The molecule has 3 aliphatic rings. The number of amides is 3. The predicted molar refractivity (Wildman–Crippen MR) is 108 cm³/mol. The third-order valence-electron chi connectivity index (χ3n) is 5.80. The average molecular weight is 431 g/mol. The van der Waals surface area contributed by atoms with Gasteiger partial charge in [-0.15, -0.1) is 5.10 Å². The van der Waals surface area contributed by atoms with Crippen molar-refractivity contribution < 1.29 is 23.9 Å². The number of hydrogen-bond acceptors (Lipinski definition) is 7. The molecule has 1 fully saturated rings. The highest BCUT2D eigenvalue weighted by atomic mass is 16.7. The third kappa shape index (κ3) is 2.83. The number of imide groups is 1. The van der Waals surface area contributed by atoms with E-state index in [1.54, 1.807) is 23.0 Å². The van der Waals surface area contributed by atoms with Crippen LogP contribution in [0.4, 0.5) is 0 Å². The van der Waals surface area contributed by atoms with Crippen LogP contribution in [0, 0.1) is 0 Å². The zero-order valence-corrected chi connectivity index (χ0v) is 16.9. The summed E-state index contributed by atoms with van der Waals surface area (Å²) in [4.78, 5) is 37.4. The lowest BCUT2D eigenvalue weighted by atomic mass is 10.1. The van der Waals surface area contributed by atoms with E-state index in [4.69, 9.17) is 9.47 Å². The fraction of sp³-hybridized carbons (Fsp3) is 0.227. The van der Waals surface area contributed by atoms with Crippen molar-refractivity contribution in [2.45, 2.75) is 25.8 Å². The number of nitrogens with zero attached hydrogens (tertiary/aromatic N) is 5. The van der Waals surface area contributed by atoms with E-state index in [0.29, 0.717) is 34.9 Å². The van der Waals surface area contributed by atoms with Crippen LogP contribution in [-0.2, 0) is 16.1 Å². The summed E-state index contributed by atoms with van der Waals surface area (Å²) in [6.45, 7) is 0.355. The number of hydrazine groups is 1. The maximum atomic E-state index is 12.8. The highest BCUT2D eigenvalue weighted by Gasteiger charge is 2.39. The number of carbonyl (C=O) groups excluding carboxylic acids is 3. The lowest BCUT2D eigenvalue weighted by molar-refractivity contribution is -0.163. The minimum absolute atomic E-state index is 0.156. The van der Waals surface area contributed by atoms with Crippen LogP contribution in [0.3, 0.4) is 0 Å². The van der Waals surface area contributed by atoms with E-state index >= 15 is 0 Å². The Labute approximate surface area is 181 Å². The Hall–Kier alpha value is -4.21. The zero-order valence-electron chi connectivity index (χ0n) is 16.9. The number of rotatable bonds is 3. The number of fused-ring (bicyclic) bond motifs is 2. The second-order valence-corrected chi connectivity index (χ2v) is 7.77. The fourth-order valence-corrected chi connectivity index (χ4v) is 4.18. The molecule has 32 heavy (non-hydrogen) atoms. The molecule has 160 valence electrons. The molecular formula is C22H17N5O5. The molecule has 0 radical (unpaired) electrons. The standard InChI is InChI=1S/C22H17N5O5/c28-20-2-1-3-21(29)27(20)26-10-14-8-15(5-6-16(14)22(26)30)25-11-17(23-24-25)13-4-7-18-19(9-13)32-12-31-18/h4-9,11H,1-3,10,12H2. The first kappa shape index (κ1) is 18.6. The molecule has 3 aliphatic heterocycles. The number of hydrogen-bond donors (Lipinski definition) is 0. The second kappa shape index (κ2) is 6.91. The minimum Gasteiger partial charge on any atom is -0.454 e.